The van der Waals surface area contributed by atoms with E-state index in [2.05, 4.69) is 10.5 Å². The van der Waals surface area contributed by atoms with Gasteiger partial charge in [-0.3, -0.25) is 4.79 Å². The predicted molar refractivity (Wildman–Crippen MR) is 61.7 cm³/mol. The Bertz CT molecular complexity index is 350. The molecule has 1 aliphatic rings. The Kier molecular flexibility index (Phi) is 4.76. The molecule has 1 amide bonds. The highest BCUT2D eigenvalue weighted by molar-refractivity contribution is 5.92. The monoisotopic (exact) mass is 245 g/mol. The lowest BCUT2D eigenvalue weighted by atomic mass is 10.3. The van der Waals surface area contributed by atoms with E-state index >= 15 is 0 Å². The maximum Gasteiger partial charge on any atom is 0.273 e. The molecule has 1 saturated carbocycles. The van der Waals surface area contributed by atoms with E-state index in [1.165, 1.54) is 0 Å². The van der Waals surface area contributed by atoms with Gasteiger partial charge >= 0.3 is 0 Å². The molecule has 1 aromatic rings. The highest BCUT2D eigenvalue weighted by Crippen LogP contribution is 2.40. The zero-order chi connectivity index (χ0) is 10.7. The molecule has 0 bridgehead atoms. The molecule has 3 N–H and O–H groups in total. The third-order valence-corrected chi connectivity index (χ3v) is 2.41. The molecule has 1 heterocycles. The smallest absolute Gasteiger partial charge is 0.273 e. The van der Waals surface area contributed by atoms with E-state index < -0.39 is 0 Å². The van der Waals surface area contributed by atoms with Crippen molar-refractivity contribution in [3.8, 4) is 0 Å². The number of nitrogens with one attached hydrogen (secondary N) is 1. The van der Waals surface area contributed by atoms with Crippen LogP contribution >= 0.6 is 12.4 Å². The first-order chi connectivity index (χ1) is 7.31. The molecule has 0 aliphatic heterocycles. The van der Waals surface area contributed by atoms with Gasteiger partial charge in [0.2, 0.25) is 0 Å². The molecule has 0 radical (unpaired) electrons. The van der Waals surface area contributed by atoms with Crippen LogP contribution in [0, 0.1) is 0 Å². The van der Waals surface area contributed by atoms with Crippen LogP contribution < -0.4 is 11.1 Å². The number of nitrogens with two attached hydrogens (primary N) is 1. The lowest BCUT2D eigenvalue weighted by Crippen LogP contribution is -2.26. The SMILES string of the molecule is Cl.NCCCNC(=O)c1cc(C2CC2)on1. The minimum absolute atomic E-state index is 0. The van der Waals surface area contributed by atoms with Crippen molar-refractivity contribution < 1.29 is 9.32 Å². The molecule has 0 saturated heterocycles. The summed E-state index contributed by atoms with van der Waals surface area (Å²) in [6.07, 6.45) is 3.06. The van der Waals surface area contributed by atoms with Gasteiger partial charge in [-0.15, -0.1) is 12.4 Å². The fraction of sp³-hybridized carbons (Fsp3) is 0.600. The maximum atomic E-state index is 11.5. The van der Waals surface area contributed by atoms with Crippen LogP contribution in [-0.4, -0.2) is 24.2 Å². The van der Waals surface area contributed by atoms with Gasteiger partial charge in [0.15, 0.2) is 5.69 Å². The minimum atomic E-state index is -0.181. The van der Waals surface area contributed by atoms with E-state index in [0.717, 1.165) is 25.0 Å². The summed E-state index contributed by atoms with van der Waals surface area (Å²) in [6.45, 7) is 1.16. The lowest BCUT2D eigenvalue weighted by molar-refractivity contribution is 0.0944. The topological polar surface area (TPSA) is 81.1 Å². The molecule has 1 fully saturated rings. The van der Waals surface area contributed by atoms with Crippen LogP contribution in [0.2, 0.25) is 0 Å². The van der Waals surface area contributed by atoms with Gasteiger partial charge in [-0.2, -0.15) is 0 Å². The van der Waals surface area contributed by atoms with Crippen molar-refractivity contribution in [2.75, 3.05) is 13.1 Å². The van der Waals surface area contributed by atoms with Gasteiger partial charge < -0.3 is 15.6 Å². The van der Waals surface area contributed by atoms with Crippen LogP contribution in [-0.2, 0) is 0 Å². The summed E-state index contributed by atoms with van der Waals surface area (Å²) in [6, 6.07) is 1.73. The van der Waals surface area contributed by atoms with Crippen LogP contribution in [0.4, 0.5) is 0 Å². The van der Waals surface area contributed by atoms with Gasteiger partial charge in [-0.05, 0) is 25.8 Å². The van der Waals surface area contributed by atoms with Crippen molar-refractivity contribution in [1.82, 2.24) is 10.5 Å². The fourth-order valence-electron chi connectivity index (χ4n) is 1.35. The first-order valence-corrected chi connectivity index (χ1v) is 5.26. The maximum absolute atomic E-state index is 11.5. The Hall–Kier alpha value is -1.07. The highest BCUT2D eigenvalue weighted by Gasteiger charge is 2.28. The first kappa shape index (κ1) is 13.0. The first-order valence-electron chi connectivity index (χ1n) is 5.26. The number of hydrogen-bond donors (Lipinski definition) is 2. The quantitative estimate of drug-likeness (QED) is 0.760. The number of carbonyl (C=O) groups is 1. The normalized spacial score (nSPS) is 14.3. The van der Waals surface area contributed by atoms with Crippen molar-refractivity contribution in [2.24, 2.45) is 5.73 Å². The summed E-state index contributed by atoms with van der Waals surface area (Å²) in [5.41, 5.74) is 5.69. The number of hydrogen-bond acceptors (Lipinski definition) is 4. The molecule has 90 valence electrons. The number of halogens is 1. The number of aromatic nitrogens is 1. The third kappa shape index (κ3) is 3.21. The minimum Gasteiger partial charge on any atom is -0.360 e. The summed E-state index contributed by atoms with van der Waals surface area (Å²) >= 11 is 0. The Morgan fingerprint density at radius 1 is 1.62 bits per heavy atom. The summed E-state index contributed by atoms with van der Waals surface area (Å²) in [7, 11) is 0. The van der Waals surface area contributed by atoms with Gasteiger partial charge in [0.05, 0.1) is 0 Å². The molecule has 0 aromatic carbocycles. The standard InChI is InChI=1S/C10H15N3O2.ClH/c11-4-1-5-12-10(14)8-6-9(15-13-8)7-2-3-7;/h6-7H,1-5,11H2,(H,12,14);1H. The van der Waals surface area contributed by atoms with Crippen molar-refractivity contribution in [2.45, 2.75) is 25.2 Å². The largest absolute Gasteiger partial charge is 0.360 e. The second-order valence-corrected chi connectivity index (χ2v) is 3.79. The summed E-state index contributed by atoms with van der Waals surface area (Å²) < 4.78 is 5.08. The second-order valence-electron chi connectivity index (χ2n) is 3.79. The lowest BCUT2D eigenvalue weighted by Gasteiger charge is -1.99. The van der Waals surface area contributed by atoms with Gasteiger partial charge in [-0.25, -0.2) is 0 Å². The molecule has 1 aromatic heterocycles. The molecular weight excluding hydrogens is 230 g/mol. The van der Waals surface area contributed by atoms with E-state index in [-0.39, 0.29) is 18.3 Å². The Labute approximate surface area is 100 Å². The summed E-state index contributed by atoms with van der Waals surface area (Å²) in [5, 5.41) is 6.47. The number of carbonyl (C=O) groups excluding carboxylic acids is 1. The van der Waals surface area contributed by atoms with Gasteiger partial charge in [-0.1, -0.05) is 5.16 Å². The van der Waals surface area contributed by atoms with Gasteiger partial charge in [0, 0.05) is 18.5 Å². The molecule has 1 aliphatic carbocycles. The van der Waals surface area contributed by atoms with Gasteiger partial charge in [0.1, 0.15) is 5.76 Å². The van der Waals surface area contributed by atoms with E-state index in [0.29, 0.717) is 24.7 Å². The molecule has 0 atom stereocenters. The fourth-order valence-corrected chi connectivity index (χ4v) is 1.35. The molecule has 5 nitrogen and oxygen atoms in total. The average Bonchev–Trinajstić information content (AvgIpc) is 2.97. The Morgan fingerprint density at radius 3 is 3.00 bits per heavy atom. The van der Waals surface area contributed by atoms with Crippen LogP contribution in [0.5, 0.6) is 0 Å². The number of amides is 1. The Morgan fingerprint density at radius 2 is 2.38 bits per heavy atom. The van der Waals surface area contributed by atoms with Crippen LogP contribution in [0.25, 0.3) is 0 Å². The molecule has 0 spiro atoms. The van der Waals surface area contributed by atoms with Crippen LogP contribution in [0.15, 0.2) is 10.6 Å². The second kappa shape index (κ2) is 5.86. The molecule has 16 heavy (non-hydrogen) atoms. The molecule has 2 rings (SSSR count). The van der Waals surface area contributed by atoms with Gasteiger partial charge in [0.25, 0.3) is 5.91 Å². The molecule has 0 unspecified atom stereocenters. The van der Waals surface area contributed by atoms with Crippen molar-refractivity contribution >= 4 is 18.3 Å². The summed E-state index contributed by atoms with van der Waals surface area (Å²) in [4.78, 5) is 11.5. The predicted octanol–water partition coefficient (Wildman–Crippen LogP) is 1.05. The molecule has 6 heteroatoms. The number of rotatable bonds is 5. The zero-order valence-electron chi connectivity index (χ0n) is 8.94. The zero-order valence-corrected chi connectivity index (χ0v) is 9.76. The van der Waals surface area contributed by atoms with Crippen LogP contribution in [0.3, 0.4) is 0 Å². The van der Waals surface area contributed by atoms with E-state index in [9.17, 15) is 4.79 Å². The van der Waals surface area contributed by atoms with E-state index in [1.807, 2.05) is 0 Å². The molecular formula is C10H16ClN3O2. The van der Waals surface area contributed by atoms with Crippen molar-refractivity contribution in [3.05, 3.63) is 17.5 Å². The third-order valence-electron chi connectivity index (χ3n) is 2.41. The Balaban J connectivity index is 0.00000128. The van der Waals surface area contributed by atoms with E-state index in [4.69, 9.17) is 10.3 Å². The van der Waals surface area contributed by atoms with E-state index in [1.54, 1.807) is 6.07 Å². The van der Waals surface area contributed by atoms with Crippen LogP contribution in [0.1, 0.15) is 41.4 Å². The summed E-state index contributed by atoms with van der Waals surface area (Å²) in [5.74, 6) is 1.14. The van der Waals surface area contributed by atoms with Crippen molar-refractivity contribution in [3.63, 3.8) is 0 Å². The van der Waals surface area contributed by atoms with Crippen molar-refractivity contribution in [1.29, 1.82) is 0 Å². The number of nitrogens with zero attached hydrogens (tertiary/aromatic N) is 1. The average molecular weight is 246 g/mol. The highest BCUT2D eigenvalue weighted by atomic mass is 35.5.